The summed E-state index contributed by atoms with van der Waals surface area (Å²) in [7, 11) is -2.11. The van der Waals surface area contributed by atoms with E-state index in [2.05, 4.69) is 0 Å². The fraction of sp³-hybridized carbons (Fsp3) is 0.0714. The van der Waals surface area contributed by atoms with Crippen molar-refractivity contribution in [3.8, 4) is 6.07 Å². The molecule has 0 aliphatic carbocycles. The fourth-order valence-corrected chi connectivity index (χ4v) is 3.02. The summed E-state index contributed by atoms with van der Waals surface area (Å²) in [5, 5.41) is 8.90. The van der Waals surface area contributed by atoms with Crippen LogP contribution in [0.2, 0.25) is 0 Å². The Bertz CT molecular complexity index is 748. The Balaban J connectivity index is 2.40. The smallest absolute Gasteiger partial charge is 0.144 e. The predicted molar refractivity (Wildman–Crippen MR) is 72.0 cm³/mol. The van der Waals surface area contributed by atoms with Crippen molar-refractivity contribution in [1.29, 1.82) is 5.26 Å². The molecule has 0 saturated carbocycles. The Hall–Kier alpha value is -2.33. The number of halogens is 3. The number of benzene rings is 2. The number of nitrogens with zero attached hydrogens (tertiary/aromatic N) is 1. The topological polar surface area (TPSA) is 66.9 Å². The number of nitrogen functional groups attached to an aromatic ring is 1. The van der Waals surface area contributed by atoms with Crippen LogP contribution in [0.5, 0.6) is 0 Å². The first-order valence-corrected chi connectivity index (χ1v) is 7.05. The zero-order chi connectivity index (χ0) is 15.6. The molecule has 0 aromatic heterocycles. The van der Waals surface area contributed by atoms with Crippen molar-refractivity contribution in [3.05, 3.63) is 58.9 Å². The molecule has 0 spiro atoms. The average molecular weight is 310 g/mol. The van der Waals surface area contributed by atoms with Crippen LogP contribution in [0, 0.1) is 28.8 Å². The van der Waals surface area contributed by atoms with E-state index >= 15 is 0 Å². The van der Waals surface area contributed by atoms with Gasteiger partial charge in [-0.25, -0.2) is 13.2 Å². The minimum Gasteiger partial charge on any atom is -0.399 e. The first kappa shape index (κ1) is 15.1. The highest BCUT2D eigenvalue weighted by Crippen LogP contribution is 2.23. The normalized spacial score (nSPS) is 11.9. The highest BCUT2D eigenvalue weighted by molar-refractivity contribution is 7.84. The number of hydrogen-bond acceptors (Lipinski definition) is 3. The molecule has 0 amide bonds. The van der Waals surface area contributed by atoms with Crippen molar-refractivity contribution in [3.63, 3.8) is 0 Å². The molecular formula is C14H9F3N2OS. The maximum Gasteiger partial charge on any atom is 0.144 e. The Labute approximate surface area is 121 Å². The summed E-state index contributed by atoms with van der Waals surface area (Å²) in [6, 6.07) is 6.83. The molecular weight excluding hydrogens is 301 g/mol. The molecule has 0 bridgehead atoms. The Morgan fingerprint density at radius 1 is 1.14 bits per heavy atom. The molecule has 2 aromatic rings. The van der Waals surface area contributed by atoms with Gasteiger partial charge in [-0.3, -0.25) is 4.21 Å². The monoisotopic (exact) mass is 310 g/mol. The molecule has 0 saturated heterocycles. The van der Waals surface area contributed by atoms with Gasteiger partial charge in [-0.2, -0.15) is 5.26 Å². The molecule has 1 unspecified atom stereocenters. The van der Waals surface area contributed by atoms with Crippen molar-refractivity contribution in [2.45, 2.75) is 10.6 Å². The van der Waals surface area contributed by atoms with E-state index in [1.54, 1.807) is 0 Å². The maximum absolute atomic E-state index is 13.7. The van der Waals surface area contributed by atoms with Crippen LogP contribution in [-0.4, -0.2) is 4.21 Å². The van der Waals surface area contributed by atoms with E-state index in [1.165, 1.54) is 6.07 Å². The van der Waals surface area contributed by atoms with E-state index < -0.39 is 33.1 Å². The number of rotatable bonds is 3. The van der Waals surface area contributed by atoms with Gasteiger partial charge in [0.2, 0.25) is 0 Å². The number of anilines is 1. The molecule has 108 valence electrons. The summed E-state index contributed by atoms with van der Waals surface area (Å²) < 4.78 is 52.6. The van der Waals surface area contributed by atoms with Gasteiger partial charge < -0.3 is 5.73 Å². The Morgan fingerprint density at radius 3 is 2.33 bits per heavy atom. The summed E-state index contributed by atoms with van der Waals surface area (Å²) in [6.07, 6.45) is 0. The van der Waals surface area contributed by atoms with E-state index in [-0.39, 0.29) is 22.6 Å². The third-order valence-corrected chi connectivity index (χ3v) is 4.14. The summed E-state index contributed by atoms with van der Waals surface area (Å²) >= 11 is 0. The van der Waals surface area contributed by atoms with Crippen molar-refractivity contribution >= 4 is 16.5 Å². The molecule has 1 atom stereocenters. The van der Waals surface area contributed by atoms with E-state index in [0.29, 0.717) is 0 Å². The van der Waals surface area contributed by atoms with Gasteiger partial charge >= 0.3 is 0 Å². The van der Waals surface area contributed by atoms with Gasteiger partial charge in [0.05, 0.1) is 28.2 Å². The largest absolute Gasteiger partial charge is 0.399 e. The highest BCUT2D eigenvalue weighted by Gasteiger charge is 2.19. The lowest BCUT2D eigenvalue weighted by Crippen LogP contribution is -2.05. The molecule has 2 N–H and O–H groups in total. The third kappa shape index (κ3) is 3.23. The van der Waals surface area contributed by atoms with Gasteiger partial charge in [0.25, 0.3) is 0 Å². The molecule has 0 radical (unpaired) electrons. The average Bonchev–Trinajstić information content (AvgIpc) is 2.37. The van der Waals surface area contributed by atoms with Crippen LogP contribution in [0.25, 0.3) is 0 Å². The lowest BCUT2D eigenvalue weighted by molar-refractivity contribution is 0.535. The van der Waals surface area contributed by atoms with Crippen LogP contribution in [0.15, 0.2) is 35.2 Å². The van der Waals surface area contributed by atoms with E-state index in [0.717, 1.165) is 24.3 Å². The predicted octanol–water partition coefficient (Wildman–Crippen LogP) is 2.87. The van der Waals surface area contributed by atoms with E-state index in [1.807, 2.05) is 6.07 Å². The van der Waals surface area contributed by atoms with Crippen molar-refractivity contribution in [2.75, 3.05) is 5.73 Å². The van der Waals surface area contributed by atoms with Gasteiger partial charge in [0.15, 0.2) is 0 Å². The zero-order valence-electron chi connectivity index (χ0n) is 10.6. The molecule has 3 nitrogen and oxygen atoms in total. The lowest BCUT2D eigenvalue weighted by atomic mass is 10.1. The van der Waals surface area contributed by atoms with E-state index in [9.17, 15) is 17.4 Å². The molecule has 21 heavy (non-hydrogen) atoms. The summed E-state index contributed by atoms with van der Waals surface area (Å²) in [6.45, 7) is 0. The Kier molecular flexibility index (Phi) is 4.29. The van der Waals surface area contributed by atoms with Crippen molar-refractivity contribution in [2.24, 2.45) is 0 Å². The SMILES string of the molecule is N#Cc1ccc(F)cc1CS(=O)c1c(F)cc(N)cc1F. The zero-order valence-corrected chi connectivity index (χ0v) is 11.4. The third-order valence-electron chi connectivity index (χ3n) is 2.72. The van der Waals surface area contributed by atoms with Gasteiger partial charge in [0.1, 0.15) is 22.3 Å². The minimum atomic E-state index is -2.11. The van der Waals surface area contributed by atoms with Crippen LogP contribution < -0.4 is 5.73 Å². The standard InChI is InChI=1S/C14H9F3N2OS/c15-10-2-1-8(6-18)9(3-10)7-21(20)14-12(16)4-11(19)5-13(14)17/h1-5H,7,19H2. The van der Waals surface area contributed by atoms with Crippen LogP contribution in [0.1, 0.15) is 11.1 Å². The first-order chi connectivity index (χ1) is 9.92. The van der Waals surface area contributed by atoms with E-state index in [4.69, 9.17) is 11.0 Å². The van der Waals surface area contributed by atoms with Gasteiger partial charge in [-0.15, -0.1) is 0 Å². The highest BCUT2D eigenvalue weighted by atomic mass is 32.2. The molecule has 0 aliphatic heterocycles. The lowest BCUT2D eigenvalue weighted by Gasteiger charge is -2.08. The quantitative estimate of drug-likeness (QED) is 0.886. The summed E-state index contributed by atoms with van der Waals surface area (Å²) in [4.78, 5) is -0.641. The molecule has 7 heteroatoms. The fourth-order valence-electron chi connectivity index (χ4n) is 1.80. The van der Waals surface area contributed by atoms with Crippen LogP contribution in [0.4, 0.5) is 18.9 Å². The van der Waals surface area contributed by atoms with Crippen LogP contribution >= 0.6 is 0 Å². The number of hydrogen-bond donors (Lipinski definition) is 1. The van der Waals surface area contributed by atoms with Crippen molar-refractivity contribution < 1.29 is 17.4 Å². The van der Waals surface area contributed by atoms with Gasteiger partial charge in [-0.05, 0) is 35.9 Å². The van der Waals surface area contributed by atoms with Crippen LogP contribution in [0.3, 0.4) is 0 Å². The summed E-state index contributed by atoms with van der Waals surface area (Å²) in [5.41, 5.74) is 5.36. The molecule has 0 aliphatic rings. The Morgan fingerprint density at radius 2 is 1.76 bits per heavy atom. The number of nitrogens with two attached hydrogens (primary N) is 1. The maximum atomic E-state index is 13.7. The van der Waals surface area contributed by atoms with Gasteiger partial charge in [0, 0.05) is 5.69 Å². The molecule has 2 aromatic carbocycles. The van der Waals surface area contributed by atoms with Crippen molar-refractivity contribution in [1.82, 2.24) is 0 Å². The van der Waals surface area contributed by atoms with Crippen LogP contribution in [-0.2, 0) is 16.6 Å². The second-order valence-electron chi connectivity index (χ2n) is 4.22. The number of nitriles is 1. The van der Waals surface area contributed by atoms with Gasteiger partial charge in [-0.1, -0.05) is 0 Å². The minimum absolute atomic E-state index is 0.0982. The second kappa shape index (κ2) is 5.97. The molecule has 2 rings (SSSR count). The summed E-state index contributed by atoms with van der Waals surface area (Å²) in [5.74, 6) is -3.08. The second-order valence-corrected chi connectivity index (χ2v) is 5.60. The first-order valence-electron chi connectivity index (χ1n) is 5.73. The molecule has 0 heterocycles. The molecule has 0 fully saturated rings.